The molecule has 3 rings (SSSR count). The third kappa shape index (κ3) is 3.85. The molecular weight excluding hydrogens is 351 g/mol. The molecule has 0 N–H and O–H groups in total. The van der Waals surface area contributed by atoms with E-state index in [0.717, 1.165) is 6.42 Å². The summed E-state index contributed by atoms with van der Waals surface area (Å²) in [5, 5.41) is 0. The number of rotatable bonds is 3. The zero-order valence-electron chi connectivity index (χ0n) is 13.5. The number of hydrogen-bond acceptors (Lipinski definition) is 2. The van der Waals surface area contributed by atoms with Crippen LogP contribution in [0.5, 0.6) is 0 Å². The van der Waals surface area contributed by atoms with Gasteiger partial charge in [0, 0.05) is 0 Å². The van der Waals surface area contributed by atoms with E-state index in [4.69, 9.17) is 4.74 Å². The standard InChI is InChI=1S/C20H22O2Se/c1-14-18(22-15(2)21)13-19(16-9-5-3-6-10-16)23-20(14)17-11-7-4-8-12-17/h3-12,14,18-20H,13H2,1-2H3/t14-,18+,19+,20-/m1/s1. The molecule has 1 heterocycles. The molecule has 4 atom stereocenters. The van der Waals surface area contributed by atoms with Crippen molar-refractivity contribution in [2.24, 2.45) is 5.92 Å². The molecule has 23 heavy (non-hydrogen) atoms. The quantitative estimate of drug-likeness (QED) is 0.597. The fourth-order valence-corrected chi connectivity index (χ4v) is 6.83. The fraction of sp³-hybridized carbons (Fsp3) is 0.350. The van der Waals surface area contributed by atoms with Gasteiger partial charge in [0.2, 0.25) is 0 Å². The Labute approximate surface area is 144 Å². The molecule has 0 bridgehead atoms. The minimum atomic E-state index is -0.171. The van der Waals surface area contributed by atoms with Crippen LogP contribution in [0.2, 0.25) is 0 Å². The van der Waals surface area contributed by atoms with E-state index in [1.165, 1.54) is 18.1 Å². The SMILES string of the molecule is CC(=O)O[C@H]1C[C@@H](c2ccccc2)[Se][C@@H](c2ccccc2)[C@@H]1C. The summed E-state index contributed by atoms with van der Waals surface area (Å²) in [5.74, 6) is 0.191. The zero-order valence-corrected chi connectivity index (χ0v) is 15.2. The van der Waals surface area contributed by atoms with Gasteiger partial charge in [0.15, 0.2) is 0 Å². The summed E-state index contributed by atoms with van der Waals surface area (Å²) < 4.78 is 5.68. The number of esters is 1. The van der Waals surface area contributed by atoms with Crippen molar-refractivity contribution in [2.75, 3.05) is 0 Å². The van der Waals surface area contributed by atoms with Crippen molar-refractivity contribution in [1.82, 2.24) is 0 Å². The van der Waals surface area contributed by atoms with Gasteiger partial charge in [0.05, 0.1) is 0 Å². The molecule has 1 aliphatic rings. The predicted octanol–water partition coefficient (Wildman–Crippen LogP) is 4.14. The molecular formula is C20H22O2Se. The second kappa shape index (κ2) is 7.33. The predicted molar refractivity (Wildman–Crippen MR) is 93.5 cm³/mol. The van der Waals surface area contributed by atoms with Crippen LogP contribution in [0.3, 0.4) is 0 Å². The second-order valence-electron chi connectivity index (χ2n) is 6.11. The number of ether oxygens (including phenoxy) is 1. The summed E-state index contributed by atoms with van der Waals surface area (Å²) in [6.07, 6.45) is 0.937. The third-order valence-corrected chi connectivity index (χ3v) is 8.19. The molecule has 0 aliphatic carbocycles. The van der Waals surface area contributed by atoms with E-state index in [9.17, 15) is 4.79 Å². The molecule has 1 fully saturated rings. The molecule has 0 radical (unpaired) electrons. The first-order valence-electron chi connectivity index (χ1n) is 8.07. The Morgan fingerprint density at radius 1 is 1.00 bits per heavy atom. The Balaban J connectivity index is 1.90. The van der Waals surface area contributed by atoms with Gasteiger partial charge in [-0.25, -0.2) is 0 Å². The van der Waals surface area contributed by atoms with Gasteiger partial charge in [0.1, 0.15) is 0 Å². The van der Waals surface area contributed by atoms with Gasteiger partial charge in [-0.3, -0.25) is 0 Å². The monoisotopic (exact) mass is 374 g/mol. The Bertz CT molecular complexity index is 641. The van der Waals surface area contributed by atoms with Crippen LogP contribution in [0.1, 0.15) is 41.0 Å². The van der Waals surface area contributed by atoms with Crippen molar-refractivity contribution in [3.05, 3.63) is 71.8 Å². The molecule has 2 nitrogen and oxygen atoms in total. The van der Waals surface area contributed by atoms with Gasteiger partial charge in [-0.15, -0.1) is 0 Å². The van der Waals surface area contributed by atoms with Gasteiger partial charge >= 0.3 is 144 Å². The van der Waals surface area contributed by atoms with Crippen molar-refractivity contribution in [1.29, 1.82) is 0 Å². The first kappa shape index (κ1) is 16.3. The molecule has 2 aromatic rings. The summed E-state index contributed by atoms with van der Waals surface area (Å²) in [7, 11) is 0. The molecule has 1 aliphatic heterocycles. The summed E-state index contributed by atoms with van der Waals surface area (Å²) in [4.78, 5) is 12.5. The van der Waals surface area contributed by atoms with Crippen LogP contribution in [-0.2, 0) is 9.53 Å². The van der Waals surface area contributed by atoms with Crippen LogP contribution < -0.4 is 0 Å². The molecule has 1 saturated heterocycles. The molecule has 0 saturated carbocycles. The van der Waals surface area contributed by atoms with E-state index < -0.39 is 0 Å². The van der Waals surface area contributed by atoms with Crippen LogP contribution in [0, 0.1) is 5.92 Å². The average molecular weight is 373 g/mol. The molecule has 0 amide bonds. The van der Waals surface area contributed by atoms with E-state index in [1.807, 2.05) is 0 Å². The van der Waals surface area contributed by atoms with Crippen LogP contribution >= 0.6 is 0 Å². The van der Waals surface area contributed by atoms with Crippen molar-refractivity contribution < 1.29 is 9.53 Å². The third-order valence-electron chi connectivity index (χ3n) is 4.44. The second-order valence-corrected chi connectivity index (χ2v) is 8.94. The summed E-state index contributed by atoms with van der Waals surface area (Å²) >= 11 is 0.443. The van der Waals surface area contributed by atoms with Gasteiger partial charge in [-0.2, -0.15) is 0 Å². The number of carbonyl (C=O) groups excluding carboxylic acids is 1. The van der Waals surface area contributed by atoms with Crippen LogP contribution in [-0.4, -0.2) is 27.0 Å². The van der Waals surface area contributed by atoms with Gasteiger partial charge in [-0.05, 0) is 0 Å². The van der Waals surface area contributed by atoms with Crippen molar-refractivity contribution in [3.63, 3.8) is 0 Å². The van der Waals surface area contributed by atoms with Crippen molar-refractivity contribution in [3.8, 4) is 0 Å². The molecule has 120 valence electrons. The maximum atomic E-state index is 11.5. The average Bonchev–Trinajstić information content (AvgIpc) is 2.58. The van der Waals surface area contributed by atoms with E-state index >= 15 is 0 Å². The number of carbonyl (C=O) groups is 1. The topological polar surface area (TPSA) is 26.3 Å². The summed E-state index contributed by atoms with van der Waals surface area (Å²) in [6.45, 7) is 3.75. The maximum absolute atomic E-state index is 11.5. The van der Waals surface area contributed by atoms with Gasteiger partial charge in [-0.1, -0.05) is 0 Å². The van der Waals surface area contributed by atoms with Gasteiger partial charge in [0.25, 0.3) is 0 Å². The van der Waals surface area contributed by atoms with Crippen LogP contribution in [0.15, 0.2) is 60.7 Å². The number of hydrogen-bond donors (Lipinski definition) is 0. The van der Waals surface area contributed by atoms with E-state index in [-0.39, 0.29) is 12.1 Å². The molecule has 0 spiro atoms. The van der Waals surface area contributed by atoms with E-state index in [2.05, 4.69) is 67.6 Å². The fourth-order valence-electron chi connectivity index (χ4n) is 3.25. The molecule has 0 unspecified atom stereocenters. The first-order valence-corrected chi connectivity index (χ1v) is 10.1. The van der Waals surface area contributed by atoms with Gasteiger partial charge < -0.3 is 0 Å². The Hall–Kier alpha value is -1.57. The molecule has 0 aromatic heterocycles. The van der Waals surface area contributed by atoms with Crippen LogP contribution in [0.25, 0.3) is 0 Å². The Morgan fingerprint density at radius 3 is 2.13 bits per heavy atom. The molecule has 2 aromatic carbocycles. The minimum absolute atomic E-state index is 0.00135. The first-order chi connectivity index (χ1) is 11.1. The van der Waals surface area contributed by atoms with E-state index in [0.29, 0.717) is 30.5 Å². The van der Waals surface area contributed by atoms with Crippen molar-refractivity contribution >= 4 is 20.9 Å². The number of benzene rings is 2. The molecule has 3 heteroatoms. The zero-order chi connectivity index (χ0) is 16.2. The normalized spacial score (nSPS) is 27.4. The Kier molecular flexibility index (Phi) is 5.19. The van der Waals surface area contributed by atoms with Crippen LogP contribution in [0.4, 0.5) is 0 Å². The van der Waals surface area contributed by atoms with E-state index in [1.54, 1.807) is 0 Å². The summed E-state index contributed by atoms with van der Waals surface area (Å²) in [5.41, 5.74) is 2.75. The Morgan fingerprint density at radius 2 is 1.57 bits per heavy atom. The summed E-state index contributed by atoms with van der Waals surface area (Å²) in [6, 6.07) is 21.3. The van der Waals surface area contributed by atoms with Crippen molar-refractivity contribution in [2.45, 2.75) is 36.0 Å².